The number of pyridine rings is 1. The van der Waals surface area contributed by atoms with Crippen LogP contribution in [0.3, 0.4) is 0 Å². The second kappa shape index (κ2) is 4.08. The van der Waals surface area contributed by atoms with E-state index >= 15 is 0 Å². The fraction of sp³-hybridized carbons (Fsp3) is 0.385. The summed E-state index contributed by atoms with van der Waals surface area (Å²) in [5, 5.41) is 0. The van der Waals surface area contributed by atoms with Gasteiger partial charge < -0.3 is 4.74 Å². The third-order valence-corrected chi connectivity index (χ3v) is 2.94. The van der Waals surface area contributed by atoms with Crippen LogP contribution in [0.25, 0.3) is 6.08 Å². The number of carbonyl (C=O) groups is 1. The average Bonchev–Trinajstić information content (AvgIpc) is 2.71. The van der Waals surface area contributed by atoms with E-state index in [1.807, 2.05) is 0 Å². The van der Waals surface area contributed by atoms with Gasteiger partial charge in [-0.1, -0.05) is 19.4 Å². The lowest BCUT2D eigenvalue weighted by Crippen LogP contribution is -2.07. The molecule has 0 atom stereocenters. The van der Waals surface area contributed by atoms with Crippen molar-refractivity contribution in [3.05, 3.63) is 34.7 Å². The summed E-state index contributed by atoms with van der Waals surface area (Å²) >= 11 is 0. The molecular weight excluding hydrogens is 202 g/mol. The first kappa shape index (κ1) is 10.9. The van der Waals surface area contributed by atoms with Gasteiger partial charge in [-0.25, -0.2) is 4.79 Å². The van der Waals surface area contributed by atoms with Crippen molar-refractivity contribution in [2.24, 2.45) is 5.92 Å². The number of fused-ring (bicyclic) bond motifs is 1. The summed E-state index contributed by atoms with van der Waals surface area (Å²) in [5.41, 5.74) is 3.86. The molecule has 0 saturated carbocycles. The summed E-state index contributed by atoms with van der Waals surface area (Å²) in [6.45, 7) is 4.30. The summed E-state index contributed by atoms with van der Waals surface area (Å²) in [5.74, 6) is 0.205. The summed E-state index contributed by atoms with van der Waals surface area (Å²) in [6, 6.07) is 1.72. The van der Waals surface area contributed by atoms with Crippen molar-refractivity contribution in [2.75, 3.05) is 7.11 Å². The molecule has 0 spiro atoms. The third-order valence-electron chi connectivity index (χ3n) is 2.94. The van der Waals surface area contributed by atoms with Crippen LogP contribution < -0.4 is 0 Å². The molecule has 0 unspecified atom stereocenters. The number of hydrogen-bond donors (Lipinski definition) is 0. The van der Waals surface area contributed by atoms with Crippen LogP contribution in [0, 0.1) is 5.92 Å². The van der Waals surface area contributed by atoms with Gasteiger partial charge in [-0.2, -0.15) is 0 Å². The first-order valence-corrected chi connectivity index (χ1v) is 5.40. The van der Waals surface area contributed by atoms with Crippen LogP contribution in [-0.2, 0) is 11.2 Å². The van der Waals surface area contributed by atoms with Gasteiger partial charge in [0.05, 0.1) is 18.4 Å². The van der Waals surface area contributed by atoms with Crippen molar-refractivity contribution >= 4 is 12.0 Å². The summed E-state index contributed by atoms with van der Waals surface area (Å²) in [7, 11) is 1.40. The smallest absolute Gasteiger partial charge is 0.338 e. The highest BCUT2D eigenvalue weighted by Crippen LogP contribution is 2.30. The maximum atomic E-state index is 11.6. The van der Waals surface area contributed by atoms with E-state index in [1.165, 1.54) is 12.7 Å². The minimum atomic E-state index is -0.281. The molecule has 1 aromatic heterocycles. The Morgan fingerprint density at radius 3 is 2.88 bits per heavy atom. The van der Waals surface area contributed by atoms with Crippen LogP contribution in [0.1, 0.15) is 35.5 Å². The molecule has 0 saturated heterocycles. The van der Waals surface area contributed by atoms with Crippen LogP contribution in [-0.4, -0.2) is 18.1 Å². The molecule has 0 bridgehead atoms. The second-order valence-electron chi connectivity index (χ2n) is 4.26. The molecule has 16 heavy (non-hydrogen) atoms. The molecule has 3 heteroatoms. The first-order valence-electron chi connectivity index (χ1n) is 5.40. The second-order valence-corrected chi connectivity index (χ2v) is 4.26. The van der Waals surface area contributed by atoms with Crippen molar-refractivity contribution in [3.8, 4) is 0 Å². The molecule has 0 amide bonds. The zero-order chi connectivity index (χ0) is 11.7. The minimum absolute atomic E-state index is 0.281. The van der Waals surface area contributed by atoms with Gasteiger partial charge in [-0.3, -0.25) is 4.98 Å². The topological polar surface area (TPSA) is 39.2 Å². The van der Waals surface area contributed by atoms with Gasteiger partial charge in [0.2, 0.25) is 0 Å². The fourth-order valence-corrected chi connectivity index (χ4v) is 1.92. The highest BCUT2D eigenvalue weighted by Gasteiger charge is 2.22. The number of esters is 1. The van der Waals surface area contributed by atoms with Gasteiger partial charge >= 0.3 is 5.97 Å². The normalized spacial score (nSPS) is 13.6. The summed E-state index contributed by atoms with van der Waals surface area (Å²) in [4.78, 5) is 15.9. The molecule has 1 aromatic rings. The van der Waals surface area contributed by atoms with Gasteiger partial charge in [-0.15, -0.1) is 0 Å². The number of aromatic nitrogens is 1. The van der Waals surface area contributed by atoms with Crippen molar-refractivity contribution in [1.82, 2.24) is 4.98 Å². The van der Waals surface area contributed by atoms with E-state index < -0.39 is 0 Å². The molecular formula is C13H15NO2. The molecule has 2 rings (SSSR count). The third kappa shape index (κ3) is 1.73. The minimum Gasteiger partial charge on any atom is -0.465 e. The highest BCUT2D eigenvalue weighted by atomic mass is 16.5. The van der Waals surface area contributed by atoms with Crippen LogP contribution in [0.2, 0.25) is 0 Å². The number of nitrogens with zero attached hydrogens (tertiary/aromatic N) is 1. The number of rotatable bonds is 2. The zero-order valence-corrected chi connectivity index (χ0v) is 9.78. The van der Waals surface area contributed by atoms with Crippen LogP contribution in [0.15, 0.2) is 17.8 Å². The van der Waals surface area contributed by atoms with Gasteiger partial charge in [0.25, 0.3) is 0 Å². The van der Waals surface area contributed by atoms with E-state index in [0.717, 1.165) is 17.7 Å². The van der Waals surface area contributed by atoms with E-state index in [0.29, 0.717) is 11.5 Å². The molecule has 0 N–H and O–H groups in total. The van der Waals surface area contributed by atoms with Crippen LogP contribution in [0.5, 0.6) is 0 Å². The average molecular weight is 217 g/mol. The van der Waals surface area contributed by atoms with Gasteiger partial charge in [0.15, 0.2) is 0 Å². The predicted molar refractivity (Wildman–Crippen MR) is 62.1 cm³/mol. The molecule has 84 valence electrons. The number of carbonyl (C=O) groups excluding carboxylic acids is 1. The quantitative estimate of drug-likeness (QED) is 0.714. The molecule has 0 fully saturated rings. The molecule has 1 heterocycles. The van der Waals surface area contributed by atoms with Gasteiger partial charge in [-0.05, 0) is 30.0 Å². The van der Waals surface area contributed by atoms with Crippen molar-refractivity contribution < 1.29 is 9.53 Å². The Balaban J connectivity index is 2.40. The van der Waals surface area contributed by atoms with Gasteiger partial charge in [0, 0.05) is 6.20 Å². The first-order chi connectivity index (χ1) is 7.63. The Morgan fingerprint density at radius 1 is 1.50 bits per heavy atom. The maximum Gasteiger partial charge on any atom is 0.338 e. The van der Waals surface area contributed by atoms with E-state index in [2.05, 4.69) is 24.9 Å². The van der Waals surface area contributed by atoms with E-state index in [4.69, 9.17) is 4.74 Å². The monoisotopic (exact) mass is 217 g/mol. The number of allylic oxidation sites excluding steroid dienone is 1. The largest absolute Gasteiger partial charge is 0.465 e. The fourth-order valence-electron chi connectivity index (χ4n) is 1.92. The number of hydrogen-bond acceptors (Lipinski definition) is 3. The van der Waals surface area contributed by atoms with Crippen molar-refractivity contribution in [1.29, 1.82) is 0 Å². The maximum absolute atomic E-state index is 11.6. The Labute approximate surface area is 95.2 Å². The lowest BCUT2D eigenvalue weighted by Gasteiger charge is -2.07. The number of methoxy groups -OCH3 is 1. The molecule has 1 aliphatic rings. The highest BCUT2D eigenvalue weighted by molar-refractivity contribution is 5.92. The Kier molecular flexibility index (Phi) is 2.77. The SMILES string of the molecule is COC(=O)c1ccnc2c1CC(C(C)C)=C2. The Hall–Kier alpha value is -1.64. The standard InChI is InChI=1S/C13H15NO2/c1-8(2)9-6-11-10(13(15)16-3)4-5-14-12(11)7-9/h4-5,7-8H,6H2,1-3H3. The lowest BCUT2D eigenvalue weighted by molar-refractivity contribution is 0.0599. The van der Waals surface area contributed by atoms with E-state index in [-0.39, 0.29) is 5.97 Å². The van der Waals surface area contributed by atoms with E-state index in [9.17, 15) is 4.79 Å². The van der Waals surface area contributed by atoms with Crippen molar-refractivity contribution in [3.63, 3.8) is 0 Å². The molecule has 0 aromatic carbocycles. The van der Waals surface area contributed by atoms with Crippen LogP contribution in [0.4, 0.5) is 0 Å². The van der Waals surface area contributed by atoms with Gasteiger partial charge in [0.1, 0.15) is 0 Å². The zero-order valence-electron chi connectivity index (χ0n) is 9.78. The molecule has 1 aliphatic carbocycles. The predicted octanol–water partition coefficient (Wildman–Crippen LogP) is 2.46. The Morgan fingerprint density at radius 2 is 2.25 bits per heavy atom. The molecule has 0 aliphatic heterocycles. The number of ether oxygens (including phenoxy) is 1. The van der Waals surface area contributed by atoms with Crippen molar-refractivity contribution in [2.45, 2.75) is 20.3 Å². The molecule has 0 radical (unpaired) electrons. The van der Waals surface area contributed by atoms with E-state index in [1.54, 1.807) is 12.3 Å². The van der Waals surface area contributed by atoms with Crippen LogP contribution >= 0.6 is 0 Å². The summed E-state index contributed by atoms with van der Waals surface area (Å²) in [6.07, 6.45) is 4.54. The molecule has 3 nitrogen and oxygen atoms in total. The lowest BCUT2D eigenvalue weighted by atomic mass is 9.99. The Bertz CT molecular complexity index is 461. The summed E-state index contributed by atoms with van der Waals surface area (Å²) < 4.78 is 4.77.